The van der Waals surface area contributed by atoms with Crippen LogP contribution in [0.1, 0.15) is 25.3 Å². The molecule has 0 aliphatic heterocycles. The molecule has 0 radical (unpaired) electrons. The second-order valence-corrected chi connectivity index (χ2v) is 6.28. The van der Waals surface area contributed by atoms with E-state index >= 15 is 0 Å². The van der Waals surface area contributed by atoms with Crippen molar-refractivity contribution in [2.24, 2.45) is 5.10 Å². The van der Waals surface area contributed by atoms with E-state index in [-0.39, 0.29) is 24.7 Å². The van der Waals surface area contributed by atoms with Crippen molar-refractivity contribution in [1.29, 1.82) is 0 Å². The zero-order chi connectivity index (χ0) is 22.5. The summed E-state index contributed by atoms with van der Waals surface area (Å²) in [5.41, 5.74) is 3.68. The predicted molar refractivity (Wildman–Crippen MR) is 120 cm³/mol. The molecule has 2 aromatic rings. The minimum absolute atomic E-state index is 0.00185. The number of carbonyl (C=O) groups excluding carboxylic acids is 2. The van der Waals surface area contributed by atoms with Crippen molar-refractivity contribution in [2.75, 3.05) is 25.6 Å². The SMILES string of the molecule is C=CCOc1c(C=NNC(=O)CCC(=O)Nc2ccc(OCC)cc2)cccc1OC. The molecule has 2 N–H and O–H groups in total. The van der Waals surface area contributed by atoms with Gasteiger partial charge in [0.15, 0.2) is 11.5 Å². The Morgan fingerprint density at radius 3 is 2.48 bits per heavy atom. The fourth-order valence-electron chi connectivity index (χ4n) is 2.57. The minimum Gasteiger partial charge on any atom is -0.494 e. The molecule has 2 rings (SSSR count). The third-order valence-electron chi connectivity index (χ3n) is 4.00. The lowest BCUT2D eigenvalue weighted by Crippen LogP contribution is -2.20. The fraction of sp³-hybridized carbons (Fsp3) is 0.261. The van der Waals surface area contributed by atoms with Crippen LogP contribution in [0.2, 0.25) is 0 Å². The molecule has 0 unspecified atom stereocenters. The average Bonchev–Trinajstić information content (AvgIpc) is 2.78. The zero-order valence-corrected chi connectivity index (χ0v) is 17.7. The number of amides is 2. The van der Waals surface area contributed by atoms with Gasteiger partial charge in [-0.1, -0.05) is 18.7 Å². The first kappa shape index (κ1) is 23.5. The first-order chi connectivity index (χ1) is 15.1. The van der Waals surface area contributed by atoms with Crippen LogP contribution in [0.15, 0.2) is 60.2 Å². The predicted octanol–water partition coefficient (Wildman–Crippen LogP) is 3.53. The fourth-order valence-corrected chi connectivity index (χ4v) is 2.57. The van der Waals surface area contributed by atoms with Crippen LogP contribution in [0, 0.1) is 0 Å². The van der Waals surface area contributed by atoms with E-state index in [0.29, 0.717) is 36.0 Å². The van der Waals surface area contributed by atoms with Crippen molar-refractivity contribution in [3.63, 3.8) is 0 Å². The molecular weight excluding hydrogens is 398 g/mol. The summed E-state index contributed by atoms with van der Waals surface area (Å²) in [5.74, 6) is 1.12. The lowest BCUT2D eigenvalue weighted by atomic mass is 10.2. The van der Waals surface area contributed by atoms with E-state index in [1.165, 1.54) is 13.3 Å². The van der Waals surface area contributed by atoms with E-state index in [4.69, 9.17) is 14.2 Å². The summed E-state index contributed by atoms with van der Waals surface area (Å²) in [6.07, 6.45) is 3.10. The highest BCUT2D eigenvalue weighted by atomic mass is 16.5. The Kier molecular flexibility index (Phi) is 9.61. The van der Waals surface area contributed by atoms with E-state index in [2.05, 4.69) is 22.4 Å². The highest BCUT2D eigenvalue weighted by Gasteiger charge is 2.10. The van der Waals surface area contributed by atoms with Crippen LogP contribution >= 0.6 is 0 Å². The van der Waals surface area contributed by atoms with Crippen LogP contribution in [0.5, 0.6) is 17.2 Å². The number of hydrazone groups is 1. The lowest BCUT2D eigenvalue weighted by Gasteiger charge is -2.11. The molecule has 2 amide bonds. The van der Waals surface area contributed by atoms with Gasteiger partial charge in [0.05, 0.1) is 19.9 Å². The zero-order valence-electron chi connectivity index (χ0n) is 17.7. The topological polar surface area (TPSA) is 98.2 Å². The summed E-state index contributed by atoms with van der Waals surface area (Å²) < 4.78 is 16.3. The molecule has 8 heteroatoms. The number of hydrogen-bond acceptors (Lipinski definition) is 6. The number of benzene rings is 2. The molecule has 0 bridgehead atoms. The van der Waals surface area contributed by atoms with Gasteiger partial charge in [0.25, 0.3) is 0 Å². The average molecular weight is 425 g/mol. The van der Waals surface area contributed by atoms with Gasteiger partial charge in [-0.25, -0.2) is 5.43 Å². The summed E-state index contributed by atoms with van der Waals surface area (Å²) in [6.45, 7) is 6.40. The molecule has 0 saturated carbocycles. The summed E-state index contributed by atoms with van der Waals surface area (Å²) in [4.78, 5) is 24.0. The molecule has 0 saturated heterocycles. The molecule has 8 nitrogen and oxygen atoms in total. The monoisotopic (exact) mass is 425 g/mol. The van der Waals surface area contributed by atoms with Crippen molar-refractivity contribution < 1.29 is 23.8 Å². The van der Waals surface area contributed by atoms with Gasteiger partial charge < -0.3 is 19.5 Å². The minimum atomic E-state index is -0.380. The number of hydrogen-bond donors (Lipinski definition) is 2. The van der Waals surface area contributed by atoms with Gasteiger partial charge >= 0.3 is 0 Å². The van der Waals surface area contributed by atoms with E-state index in [9.17, 15) is 9.59 Å². The van der Waals surface area contributed by atoms with Gasteiger partial charge in [-0.05, 0) is 43.3 Å². The van der Waals surface area contributed by atoms with Crippen molar-refractivity contribution in [2.45, 2.75) is 19.8 Å². The van der Waals surface area contributed by atoms with Gasteiger partial charge in [0, 0.05) is 24.1 Å². The quantitative estimate of drug-likeness (QED) is 0.308. The molecule has 0 spiro atoms. The number of carbonyl (C=O) groups is 2. The number of para-hydroxylation sites is 1. The van der Waals surface area contributed by atoms with Crippen LogP contribution in [-0.2, 0) is 9.59 Å². The summed E-state index contributed by atoms with van der Waals surface area (Å²) in [6, 6.07) is 12.4. The molecule has 0 aliphatic carbocycles. The Balaban J connectivity index is 1.83. The van der Waals surface area contributed by atoms with Crippen LogP contribution < -0.4 is 25.0 Å². The maximum Gasteiger partial charge on any atom is 0.240 e. The van der Waals surface area contributed by atoms with Gasteiger partial charge in [0.2, 0.25) is 11.8 Å². The van der Waals surface area contributed by atoms with Crippen molar-refractivity contribution >= 4 is 23.7 Å². The van der Waals surface area contributed by atoms with Crippen LogP contribution in [0.25, 0.3) is 0 Å². The first-order valence-electron chi connectivity index (χ1n) is 9.82. The number of anilines is 1. The Morgan fingerprint density at radius 1 is 1.06 bits per heavy atom. The second-order valence-electron chi connectivity index (χ2n) is 6.28. The van der Waals surface area contributed by atoms with Gasteiger partial charge in [-0.15, -0.1) is 0 Å². The van der Waals surface area contributed by atoms with Crippen molar-refractivity contribution in [1.82, 2.24) is 5.43 Å². The number of nitrogens with zero attached hydrogens (tertiary/aromatic N) is 1. The normalized spacial score (nSPS) is 10.4. The molecular formula is C23H27N3O5. The van der Waals surface area contributed by atoms with E-state index < -0.39 is 0 Å². The van der Waals surface area contributed by atoms with Crippen LogP contribution in [0.4, 0.5) is 5.69 Å². The third-order valence-corrected chi connectivity index (χ3v) is 4.00. The van der Waals surface area contributed by atoms with Gasteiger partial charge in [-0.3, -0.25) is 9.59 Å². The number of nitrogens with one attached hydrogen (secondary N) is 2. The Morgan fingerprint density at radius 2 is 1.81 bits per heavy atom. The van der Waals surface area contributed by atoms with Crippen LogP contribution in [-0.4, -0.2) is 38.4 Å². The van der Waals surface area contributed by atoms with Gasteiger partial charge in [0.1, 0.15) is 12.4 Å². The van der Waals surface area contributed by atoms with E-state index in [1.807, 2.05) is 6.92 Å². The second kappa shape index (κ2) is 12.7. The highest BCUT2D eigenvalue weighted by molar-refractivity contribution is 5.93. The number of ether oxygens (including phenoxy) is 3. The first-order valence-corrected chi connectivity index (χ1v) is 9.82. The third kappa shape index (κ3) is 7.85. The van der Waals surface area contributed by atoms with Crippen molar-refractivity contribution in [3.05, 3.63) is 60.7 Å². The number of rotatable bonds is 12. The highest BCUT2D eigenvalue weighted by Crippen LogP contribution is 2.30. The smallest absolute Gasteiger partial charge is 0.240 e. The molecule has 2 aromatic carbocycles. The summed E-state index contributed by atoms with van der Waals surface area (Å²) in [5, 5.41) is 6.68. The maximum absolute atomic E-state index is 12.0. The largest absolute Gasteiger partial charge is 0.494 e. The summed E-state index contributed by atoms with van der Waals surface area (Å²) >= 11 is 0. The Bertz CT molecular complexity index is 910. The van der Waals surface area contributed by atoms with Crippen LogP contribution in [0.3, 0.4) is 0 Å². The lowest BCUT2D eigenvalue weighted by molar-refractivity contribution is -0.124. The molecule has 31 heavy (non-hydrogen) atoms. The Hall–Kier alpha value is -3.81. The van der Waals surface area contributed by atoms with Crippen molar-refractivity contribution in [3.8, 4) is 17.2 Å². The maximum atomic E-state index is 12.0. The summed E-state index contributed by atoms with van der Waals surface area (Å²) in [7, 11) is 1.54. The molecule has 0 heterocycles. The molecule has 0 fully saturated rings. The molecule has 0 aliphatic rings. The number of methoxy groups -OCH3 is 1. The Labute approximate surface area is 181 Å². The van der Waals surface area contributed by atoms with E-state index in [0.717, 1.165) is 5.75 Å². The van der Waals surface area contributed by atoms with E-state index in [1.54, 1.807) is 48.5 Å². The molecule has 0 aromatic heterocycles. The van der Waals surface area contributed by atoms with Gasteiger partial charge in [-0.2, -0.15) is 5.10 Å². The molecule has 164 valence electrons. The standard InChI is InChI=1S/C23H27N3O5/c1-4-15-31-23-17(7-6-8-20(23)29-3)16-24-26-22(28)14-13-21(27)25-18-9-11-19(12-10-18)30-5-2/h4,6-12,16H,1,5,13-15H2,2-3H3,(H,25,27)(H,26,28). The molecule has 0 atom stereocenters.